The average Bonchev–Trinajstić information content (AvgIpc) is 2.56. The number of hydrogen-bond donors (Lipinski definition) is 2. The maximum Gasteiger partial charge on any atom is 0.191 e. The highest BCUT2D eigenvalue weighted by Gasteiger charge is 2.16. The Morgan fingerprint density at radius 3 is 2.62 bits per heavy atom. The Balaban J connectivity index is 0.00000529. The Morgan fingerprint density at radius 1 is 1.29 bits per heavy atom. The summed E-state index contributed by atoms with van der Waals surface area (Å²) in [6, 6.07) is 7.91. The molecule has 0 aromatic heterocycles. The second-order valence-corrected chi connectivity index (χ2v) is 5.72. The lowest BCUT2D eigenvalue weighted by Gasteiger charge is -2.24. The van der Waals surface area contributed by atoms with Crippen molar-refractivity contribution in [2.45, 2.75) is 32.9 Å². The average molecular weight is 447 g/mol. The van der Waals surface area contributed by atoms with Gasteiger partial charge in [0, 0.05) is 25.8 Å². The SMILES string of the molecule is C=CCOc1ccccc1CN=C(NCC)NCC(C)(C)OC.I. The number of guanidine groups is 1. The van der Waals surface area contributed by atoms with E-state index in [1.54, 1.807) is 13.2 Å². The molecule has 0 aliphatic rings. The van der Waals surface area contributed by atoms with Crippen molar-refractivity contribution in [1.29, 1.82) is 0 Å². The zero-order valence-electron chi connectivity index (χ0n) is 15.1. The predicted molar refractivity (Wildman–Crippen MR) is 111 cm³/mol. The van der Waals surface area contributed by atoms with E-state index < -0.39 is 0 Å². The maximum absolute atomic E-state index is 5.66. The summed E-state index contributed by atoms with van der Waals surface area (Å²) in [5.41, 5.74) is 0.791. The second kappa shape index (κ2) is 12.1. The molecule has 0 amide bonds. The molecule has 0 heterocycles. The van der Waals surface area contributed by atoms with Crippen LogP contribution in [0.15, 0.2) is 41.9 Å². The summed E-state index contributed by atoms with van der Waals surface area (Å²) in [7, 11) is 1.71. The van der Waals surface area contributed by atoms with Crippen molar-refractivity contribution in [3.05, 3.63) is 42.5 Å². The number of para-hydroxylation sites is 1. The minimum atomic E-state index is -0.249. The van der Waals surface area contributed by atoms with Crippen molar-refractivity contribution >= 4 is 29.9 Å². The summed E-state index contributed by atoms with van der Waals surface area (Å²) in [4.78, 5) is 4.62. The monoisotopic (exact) mass is 447 g/mol. The van der Waals surface area contributed by atoms with Crippen LogP contribution in [0.25, 0.3) is 0 Å². The molecule has 0 saturated heterocycles. The molecule has 0 unspecified atom stereocenters. The van der Waals surface area contributed by atoms with Gasteiger partial charge in [0.05, 0.1) is 12.1 Å². The summed E-state index contributed by atoms with van der Waals surface area (Å²) in [6.45, 7) is 12.3. The third-order valence-corrected chi connectivity index (χ3v) is 3.32. The van der Waals surface area contributed by atoms with Crippen molar-refractivity contribution in [1.82, 2.24) is 10.6 Å². The smallest absolute Gasteiger partial charge is 0.191 e. The molecule has 136 valence electrons. The summed E-state index contributed by atoms with van der Waals surface area (Å²) in [5, 5.41) is 6.54. The Bertz CT molecular complexity index is 519. The third kappa shape index (κ3) is 8.54. The number of nitrogens with zero attached hydrogens (tertiary/aromatic N) is 1. The lowest BCUT2D eigenvalue weighted by Crippen LogP contribution is -2.45. The van der Waals surface area contributed by atoms with Crippen LogP contribution in [0.4, 0.5) is 0 Å². The van der Waals surface area contributed by atoms with Crippen LogP contribution in [0, 0.1) is 0 Å². The van der Waals surface area contributed by atoms with Crippen LogP contribution in [0.1, 0.15) is 26.3 Å². The van der Waals surface area contributed by atoms with Gasteiger partial charge in [-0.2, -0.15) is 0 Å². The zero-order valence-corrected chi connectivity index (χ0v) is 17.4. The largest absolute Gasteiger partial charge is 0.489 e. The molecule has 1 aromatic rings. The van der Waals surface area contributed by atoms with Gasteiger partial charge in [-0.25, -0.2) is 4.99 Å². The van der Waals surface area contributed by atoms with Gasteiger partial charge in [0.25, 0.3) is 0 Å². The van der Waals surface area contributed by atoms with Crippen LogP contribution in [0.3, 0.4) is 0 Å². The van der Waals surface area contributed by atoms with E-state index in [0.29, 0.717) is 19.7 Å². The minimum absolute atomic E-state index is 0. The number of nitrogens with one attached hydrogen (secondary N) is 2. The fraction of sp³-hybridized carbons (Fsp3) is 0.500. The maximum atomic E-state index is 5.66. The quantitative estimate of drug-likeness (QED) is 0.264. The molecule has 0 atom stereocenters. The van der Waals surface area contributed by atoms with Gasteiger partial charge in [-0.1, -0.05) is 30.9 Å². The first kappa shape index (κ1) is 22.7. The van der Waals surface area contributed by atoms with Crippen LogP contribution in [0.2, 0.25) is 0 Å². The van der Waals surface area contributed by atoms with Crippen LogP contribution < -0.4 is 15.4 Å². The van der Waals surface area contributed by atoms with Gasteiger partial charge in [0.2, 0.25) is 0 Å². The van der Waals surface area contributed by atoms with Gasteiger partial charge in [-0.3, -0.25) is 0 Å². The number of benzene rings is 1. The summed E-state index contributed by atoms with van der Waals surface area (Å²) in [5.74, 6) is 1.60. The van der Waals surface area contributed by atoms with Crippen molar-refractivity contribution in [3.8, 4) is 5.75 Å². The van der Waals surface area contributed by atoms with Gasteiger partial charge >= 0.3 is 0 Å². The van der Waals surface area contributed by atoms with E-state index in [9.17, 15) is 0 Å². The fourth-order valence-electron chi connectivity index (χ4n) is 1.80. The molecule has 0 radical (unpaired) electrons. The van der Waals surface area contributed by atoms with E-state index in [4.69, 9.17) is 9.47 Å². The summed E-state index contributed by atoms with van der Waals surface area (Å²) >= 11 is 0. The van der Waals surface area contributed by atoms with E-state index in [1.807, 2.05) is 45.0 Å². The Hall–Kier alpha value is -1.28. The van der Waals surface area contributed by atoms with Crippen molar-refractivity contribution in [3.63, 3.8) is 0 Å². The van der Waals surface area contributed by atoms with Gasteiger partial charge in [0.1, 0.15) is 12.4 Å². The van der Waals surface area contributed by atoms with E-state index in [-0.39, 0.29) is 29.6 Å². The number of hydrogen-bond acceptors (Lipinski definition) is 3. The Morgan fingerprint density at radius 2 is 2.00 bits per heavy atom. The number of aliphatic imine (C=N–C) groups is 1. The van der Waals surface area contributed by atoms with Gasteiger partial charge < -0.3 is 20.1 Å². The molecule has 1 aromatic carbocycles. The van der Waals surface area contributed by atoms with Crippen molar-refractivity contribution in [2.24, 2.45) is 4.99 Å². The van der Waals surface area contributed by atoms with E-state index >= 15 is 0 Å². The first-order valence-electron chi connectivity index (χ1n) is 7.91. The molecule has 0 aliphatic heterocycles. The predicted octanol–water partition coefficient (Wildman–Crippen LogP) is 3.35. The third-order valence-electron chi connectivity index (χ3n) is 3.32. The molecule has 2 N–H and O–H groups in total. The normalized spacial score (nSPS) is 11.4. The van der Waals surface area contributed by atoms with E-state index in [0.717, 1.165) is 23.8 Å². The number of methoxy groups -OCH3 is 1. The minimum Gasteiger partial charge on any atom is -0.489 e. The van der Waals surface area contributed by atoms with E-state index in [2.05, 4.69) is 22.2 Å². The van der Waals surface area contributed by atoms with Crippen molar-refractivity contribution in [2.75, 3.05) is 26.8 Å². The molecule has 5 nitrogen and oxygen atoms in total. The Kier molecular flexibility index (Phi) is 11.5. The lowest BCUT2D eigenvalue weighted by atomic mass is 10.1. The molecule has 0 spiro atoms. The molecule has 1 rings (SSSR count). The highest BCUT2D eigenvalue weighted by molar-refractivity contribution is 14.0. The van der Waals surface area contributed by atoms with Crippen LogP contribution in [0.5, 0.6) is 5.75 Å². The molecule has 0 aliphatic carbocycles. The highest BCUT2D eigenvalue weighted by Crippen LogP contribution is 2.18. The number of halogens is 1. The van der Waals surface area contributed by atoms with Gasteiger partial charge in [-0.15, -0.1) is 24.0 Å². The molecule has 6 heteroatoms. The molecule has 0 bridgehead atoms. The molecule has 0 saturated carbocycles. The zero-order chi connectivity index (χ0) is 17.1. The first-order valence-corrected chi connectivity index (χ1v) is 7.91. The molecule has 24 heavy (non-hydrogen) atoms. The lowest BCUT2D eigenvalue weighted by molar-refractivity contribution is 0.0268. The van der Waals surface area contributed by atoms with Crippen LogP contribution in [-0.2, 0) is 11.3 Å². The topological polar surface area (TPSA) is 54.9 Å². The molecular formula is C18H30IN3O2. The molecular weight excluding hydrogens is 417 g/mol. The van der Waals surface area contributed by atoms with Crippen LogP contribution >= 0.6 is 24.0 Å². The second-order valence-electron chi connectivity index (χ2n) is 5.72. The molecule has 0 fully saturated rings. The van der Waals surface area contributed by atoms with Crippen molar-refractivity contribution < 1.29 is 9.47 Å². The Labute approximate surface area is 162 Å². The van der Waals surface area contributed by atoms with E-state index in [1.165, 1.54) is 0 Å². The fourth-order valence-corrected chi connectivity index (χ4v) is 1.80. The number of ether oxygens (including phenoxy) is 2. The summed E-state index contributed by atoms with van der Waals surface area (Å²) < 4.78 is 11.1. The van der Waals surface area contributed by atoms with Gasteiger partial charge in [-0.05, 0) is 26.8 Å². The summed E-state index contributed by atoms with van der Waals surface area (Å²) in [6.07, 6.45) is 1.73. The number of rotatable bonds is 9. The van der Waals surface area contributed by atoms with Gasteiger partial charge in [0.15, 0.2) is 5.96 Å². The first-order chi connectivity index (χ1) is 11.0. The van der Waals surface area contributed by atoms with Crippen LogP contribution in [-0.4, -0.2) is 38.4 Å². The standard InChI is InChI=1S/C18H29N3O2.HI/c1-6-12-23-16-11-9-8-10-15(16)13-20-17(19-7-2)21-14-18(3,4)22-5;/h6,8-11H,1,7,12-14H2,2-5H3,(H2,19,20,21);1H. The highest BCUT2D eigenvalue weighted by atomic mass is 127.